The molecule has 3 atom stereocenters. The van der Waals surface area contributed by atoms with E-state index in [1.165, 1.54) is 0 Å². The van der Waals surface area contributed by atoms with Crippen molar-refractivity contribution in [3.05, 3.63) is 77.2 Å². The summed E-state index contributed by atoms with van der Waals surface area (Å²) in [6.45, 7) is 3.94. The van der Waals surface area contributed by atoms with Crippen LogP contribution in [-0.4, -0.2) is 25.2 Å². The fourth-order valence-electron chi connectivity index (χ4n) is 3.35. The first kappa shape index (κ1) is 18.8. The maximum absolute atomic E-state index is 12.9. The van der Waals surface area contributed by atoms with Gasteiger partial charge in [0.05, 0.1) is 28.1 Å². The molecule has 0 saturated carbocycles. The summed E-state index contributed by atoms with van der Waals surface area (Å²) in [5.74, 6) is -0.547. The maximum Gasteiger partial charge on any atom is 0.202 e. The SMILES string of the molecule is C[C@@H]1C(S(=O)(=O)c2ccccc2)=CC[C@](C)(OCc2ccccc2)[C@@H]1O. The van der Waals surface area contributed by atoms with E-state index in [1.807, 2.05) is 37.3 Å². The van der Waals surface area contributed by atoms with E-state index in [4.69, 9.17) is 4.74 Å². The Morgan fingerprint density at radius 3 is 2.27 bits per heavy atom. The van der Waals surface area contributed by atoms with E-state index >= 15 is 0 Å². The molecule has 0 spiro atoms. The molecule has 1 aliphatic rings. The summed E-state index contributed by atoms with van der Waals surface area (Å²) in [5, 5.41) is 10.8. The lowest BCUT2D eigenvalue weighted by atomic mass is 9.81. The summed E-state index contributed by atoms with van der Waals surface area (Å²) >= 11 is 0. The van der Waals surface area contributed by atoms with Gasteiger partial charge in [-0.15, -0.1) is 0 Å². The highest BCUT2D eigenvalue weighted by Gasteiger charge is 2.44. The van der Waals surface area contributed by atoms with Gasteiger partial charge in [0.1, 0.15) is 0 Å². The monoisotopic (exact) mass is 372 g/mol. The molecule has 5 heteroatoms. The van der Waals surface area contributed by atoms with Crippen LogP contribution in [0.2, 0.25) is 0 Å². The van der Waals surface area contributed by atoms with Crippen LogP contribution < -0.4 is 0 Å². The van der Waals surface area contributed by atoms with Crippen molar-refractivity contribution in [1.29, 1.82) is 0 Å². The number of rotatable bonds is 5. The first-order valence-electron chi connectivity index (χ1n) is 8.71. The molecular formula is C21H24O4S. The van der Waals surface area contributed by atoms with Gasteiger partial charge in [0.25, 0.3) is 0 Å². The lowest BCUT2D eigenvalue weighted by Crippen LogP contribution is -2.49. The van der Waals surface area contributed by atoms with Crippen LogP contribution in [0.1, 0.15) is 25.8 Å². The fourth-order valence-corrected chi connectivity index (χ4v) is 5.06. The Bertz CT molecular complexity index is 875. The van der Waals surface area contributed by atoms with E-state index in [0.29, 0.717) is 13.0 Å². The molecule has 0 bridgehead atoms. The van der Waals surface area contributed by atoms with Gasteiger partial charge >= 0.3 is 0 Å². The van der Waals surface area contributed by atoms with Gasteiger partial charge in [0.2, 0.25) is 9.84 Å². The van der Waals surface area contributed by atoms with E-state index in [9.17, 15) is 13.5 Å². The van der Waals surface area contributed by atoms with Gasteiger partial charge < -0.3 is 9.84 Å². The van der Waals surface area contributed by atoms with Crippen molar-refractivity contribution in [3.8, 4) is 0 Å². The first-order chi connectivity index (χ1) is 12.3. The minimum absolute atomic E-state index is 0.249. The highest BCUT2D eigenvalue weighted by atomic mass is 32.2. The molecule has 1 aliphatic carbocycles. The number of aliphatic hydroxyl groups is 1. The third kappa shape index (κ3) is 3.61. The van der Waals surface area contributed by atoms with Gasteiger partial charge in [-0.25, -0.2) is 8.42 Å². The van der Waals surface area contributed by atoms with Gasteiger partial charge in [-0.3, -0.25) is 0 Å². The number of aliphatic hydroxyl groups excluding tert-OH is 1. The molecule has 3 rings (SSSR count). The Kier molecular flexibility index (Phi) is 5.32. The summed E-state index contributed by atoms with van der Waals surface area (Å²) in [7, 11) is -3.62. The molecule has 0 radical (unpaired) electrons. The summed E-state index contributed by atoms with van der Waals surface area (Å²) in [4.78, 5) is 0.510. The average Bonchev–Trinajstić information content (AvgIpc) is 2.66. The lowest BCUT2D eigenvalue weighted by molar-refractivity contribution is -0.134. The van der Waals surface area contributed by atoms with Crippen LogP contribution >= 0.6 is 0 Å². The predicted molar refractivity (Wildman–Crippen MR) is 101 cm³/mol. The van der Waals surface area contributed by atoms with Crippen LogP contribution in [0.5, 0.6) is 0 Å². The van der Waals surface area contributed by atoms with Crippen molar-refractivity contribution in [2.24, 2.45) is 5.92 Å². The van der Waals surface area contributed by atoms with Crippen LogP contribution in [0.4, 0.5) is 0 Å². The molecule has 0 unspecified atom stereocenters. The number of benzene rings is 2. The van der Waals surface area contributed by atoms with Crippen molar-refractivity contribution in [3.63, 3.8) is 0 Å². The van der Waals surface area contributed by atoms with Crippen LogP contribution in [0.3, 0.4) is 0 Å². The fraction of sp³-hybridized carbons (Fsp3) is 0.333. The Morgan fingerprint density at radius 2 is 1.65 bits per heavy atom. The third-order valence-electron chi connectivity index (χ3n) is 5.03. The molecule has 0 aliphatic heterocycles. The van der Waals surface area contributed by atoms with Crippen LogP contribution in [0.15, 0.2) is 76.5 Å². The predicted octanol–water partition coefficient (Wildman–Crippen LogP) is 3.72. The molecule has 1 N–H and O–H groups in total. The molecule has 0 fully saturated rings. The van der Waals surface area contributed by atoms with Crippen molar-refractivity contribution >= 4 is 9.84 Å². The van der Waals surface area contributed by atoms with Crippen LogP contribution in [0, 0.1) is 5.92 Å². The van der Waals surface area contributed by atoms with E-state index in [2.05, 4.69) is 0 Å². The molecule has 0 saturated heterocycles. The molecule has 0 heterocycles. The minimum Gasteiger partial charge on any atom is -0.389 e. The quantitative estimate of drug-likeness (QED) is 0.869. The molecule has 26 heavy (non-hydrogen) atoms. The standard InChI is InChI=1S/C21H24O4S/c1-16-19(26(23,24)18-11-7-4-8-12-18)13-14-21(2,20(16)22)25-15-17-9-5-3-6-10-17/h3-13,16,20,22H,14-15H2,1-2H3/t16-,20-,21+/m1/s1. The largest absolute Gasteiger partial charge is 0.389 e. The van der Waals surface area contributed by atoms with Crippen molar-refractivity contribution in [1.82, 2.24) is 0 Å². The highest BCUT2D eigenvalue weighted by molar-refractivity contribution is 7.95. The average molecular weight is 372 g/mol. The molecule has 138 valence electrons. The summed E-state index contributed by atoms with van der Waals surface area (Å²) in [6, 6.07) is 18.1. The van der Waals surface area contributed by atoms with Crippen LogP contribution in [0.25, 0.3) is 0 Å². The molecule has 0 amide bonds. The zero-order chi connectivity index (χ0) is 18.8. The van der Waals surface area contributed by atoms with Gasteiger partial charge in [0, 0.05) is 5.92 Å². The van der Waals surface area contributed by atoms with Crippen molar-refractivity contribution in [2.45, 2.75) is 43.5 Å². The molecule has 2 aromatic rings. The van der Waals surface area contributed by atoms with Crippen molar-refractivity contribution < 1.29 is 18.3 Å². The third-order valence-corrected chi connectivity index (χ3v) is 7.08. The number of hydrogen-bond donors (Lipinski definition) is 1. The molecular weight excluding hydrogens is 348 g/mol. The number of ether oxygens (including phenoxy) is 1. The minimum atomic E-state index is -3.62. The Balaban J connectivity index is 1.83. The topological polar surface area (TPSA) is 63.6 Å². The second-order valence-electron chi connectivity index (χ2n) is 6.95. The number of sulfone groups is 1. The molecule has 4 nitrogen and oxygen atoms in total. The van der Waals surface area contributed by atoms with Crippen LogP contribution in [-0.2, 0) is 21.2 Å². The van der Waals surface area contributed by atoms with Gasteiger partial charge in [0.15, 0.2) is 0 Å². The summed E-state index contributed by atoms with van der Waals surface area (Å²) < 4.78 is 31.8. The molecule has 2 aromatic carbocycles. The first-order valence-corrected chi connectivity index (χ1v) is 10.2. The Morgan fingerprint density at radius 1 is 1.08 bits per heavy atom. The van der Waals surface area contributed by atoms with Gasteiger partial charge in [-0.1, -0.05) is 61.5 Å². The second kappa shape index (κ2) is 7.35. The van der Waals surface area contributed by atoms with E-state index < -0.39 is 27.5 Å². The molecule has 0 aromatic heterocycles. The summed E-state index contributed by atoms with van der Waals surface area (Å²) in [6.07, 6.45) is 1.13. The van der Waals surface area contributed by atoms with Crippen molar-refractivity contribution in [2.75, 3.05) is 0 Å². The normalized spacial score (nSPS) is 26.3. The van der Waals surface area contributed by atoms with Gasteiger partial charge in [-0.05, 0) is 31.0 Å². The Labute approximate surface area is 155 Å². The second-order valence-corrected chi connectivity index (χ2v) is 8.90. The zero-order valence-electron chi connectivity index (χ0n) is 15.0. The van der Waals surface area contributed by atoms with Gasteiger partial charge in [-0.2, -0.15) is 0 Å². The highest BCUT2D eigenvalue weighted by Crippen LogP contribution is 2.39. The number of hydrogen-bond acceptors (Lipinski definition) is 4. The lowest BCUT2D eigenvalue weighted by Gasteiger charge is -2.41. The zero-order valence-corrected chi connectivity index (χ0v) is 15.8. The van der Waals surface area contributed by atoms with E-state index in [1.54, 1.807) is 43.3 Å². The summed E-state index contributed by atoms with van der Waals surface area (Å²) in [5.41, 5.74) is 0.186. The maximum atomic E-state index is 12.9. The Hall–Kier alpha value is -1.95. The smallest absolute Gasteiger partial charge is 0.202 e. The van der Waals surface area contributed by atoms with E-state index in [0.717, 1.165) is 5.56 Å². The van der Waals surface area contributed by atoms with E-state index in [-0.39, 0.29) is 9.80 Å².